The van der Waals surface area contributed by atoms with Gasteiger partial charge in [-0.3, -0.25) is 4.72 Å². The standard InChI is InChI=1S/C12H14N4O4S/c1-3-16-7-11(13-8(16)2)21(19,20)15-10-6-4-5-9(14-10)12(17)18/h4-7H,3H2,1-2H3,(H,14,15)(H,17,18). The molecule has 0 bridgehead atoms. The minimum Gasteiger partial charge on any atom is -0.477 e. The first-order valence-electron chi connectivity index (χ1n) is 6.10. The molecule has 0 unspecified atom stereocenters. The Hall–Kier alpha value is -2.42. The fourth-order valence-corrected chi connectivity index (χ4v) is 2.74. The number of imidazole rings is 1. The number of anilines is 1. The van der Waals surface area contributed by atoms with Crippen molar-refractivity contribution >= 4 is 21.8 Å². The molecule has 2 N–H and O–H groups in total. The summed E-state index contributed by atoms with van der Waals surface area (Å²) in [5.41, 5.74) is -0.245. The van der Waals surface area contributed by atoms with Crippen molar-refractivity contribution in [1.29, 1.82) is 0 Å². The summed E-state index contributed by atoms with van der Waals surface area (Å²) >= 11 is 0. The highest BCUT2D eigenvalue weighted by Crippen LogP contribution is 2.14. The molecule has 0 atom stereocenters. The van der Waals surface area contributed by atoms with Crippen LogP contribution in [0.3, 0.4) is 0 Å². The number of pyridine rings is 1. The summed E-state index contributed by atoms with van der Waals surface area (Å²) in [6, 6.07) is 4.05. The number of carbonyl (C=O) groups is 1. The molecular formula is C12H14N4O4S. The van der Waals surface area contributed by atoms with Gasteiger partial charge in [-0.05, 0) is 26.0 Å². The molecule has 0 amide bonds. The molecular weight excluding hydrogens is 296 g/mol. The van der Waals surface area contributed by atoms with Crippen LogP contribution in [0.5, 0.6) is 0 Å². The maximum Gasteiger partial charge on any atom is 0.354 e. The first-order valence-corrected chi connectivity index (χ1v) is 7.58. The Balaban J connectivity index is 2.32. The molecule has 0 radical (unpaired) electrons. The number of aromatic nitrogens is 3. The maximum atomic E-state index is 12.2. The average molecular weight is 310 g/mol. The molecule has 0 aromatic carbocycles. The number of nitrogens with one attached hydrogen (secondary N) is 1. The van der Waals surface area contributed by atoms with Crippen molar-refractivity contribution < 1.29 is 18.3 Å². The maximum absolute atomic E-state index is 12.2. The number of carboxylic acids is 1. The average Bonchev–Trinajstić information content (AvgIpc) is 2.80. The summed E-state index contributed by atoms with van der Waals surface area (Å²) < 4.78 is 28.3. The molecule has 2 aromatic rings. The third kappa shape index (κ3) is 3.19. The lowest BCUT2D eigenvalue weighted by Crippen LogP contribution is -2.15. The van der Waals surface area contributed by atoms with Gasteiger partial charge in [0.15, 0.2) is 10.7 Å². The van der Waals surface area contributed by atoms with Gasteiger partial charge in [-0.25, -0.2) is 14.8 Å². The SMILES string of the molecule is CCn1cc(S(=O)(=O)Nc2cccc(C(=O)O)n2)nc1C. The second kappa shape index (κ2) is 5.52. The molecule has 0 aliphatic carbocycles. The molecule has 0 aliphatic heterocycles. The molecule has 2 aromatic heterocycles. The molecule has 0 aliphatic rings. The van der Waals surface area contributed by atoms with Crippen LogP contribution in [-0.4, -0.2) is 34.0 Å². The Morgan fingerprint density at radius 2 is 2.10 bits per heavy atom. The van der Waals surface area contributed by atoms with Gasteiger partial charge in [0.05, 0.1) is 0 Å². The van der Waals surface area contributed by atoms with Gasteiger partial charge in [-0.1, -0.05) is 6.07 Å². The Morgan fingerprint density at radius 1 is 1.38 bits per heavy atom. The highest BCUT2D eigenvalue weighted by Gasteiger charge is 2.20. The third-order valence-electron chi connectivity index (χ3n) is 2.78. The molecule has 112 valence electrons. The molecule has 0 saturated carbocycles. The van der Waals surface area contributed by atoms with Crippen molar-refractivity contribution in [1.82, 2.24) is 14.5 Å². The fourth-order valence-electron chi connectivity index (χ4n) is 1.73. The summed E-state index contributed by atoms with van der Waals surface area (Å²) in [5, 5.41) is 8.71. The Labute approximate surface area is 121 Å². The van der Waals surface area contributed by atoms with Crippen LogP contribution in [-0.2, 0) is 16.6 Å². The highest BCUT2D eigenvalue weighted by molar-refractivity contribution is 7.92. The summed E-state index contributed by atoms with van der Waals surface area (Å²) in [6.45, 7) is 4.17. The zero-order valence-electron chi connectivity index (χ0n) is 11.4. The summed E-state index contributed by atoms with van der Waals surface area (Å²) in [5.74, 6) is -0.731. The molecule has 8 nitrogen and oxygen atoms in total. The van der Waals surface area contributed by atoms with E-state index in [1.54, 1.807) is 11.5 Å². The van der Waals surface area contributed by atoms with Gasteiger partial charge in [0.2, 0.25) is 0 Å². The van der Waals surface area contributed by atoms with E-state index >= 15 is 0 Å². The van der Waals surface area contributed by atoms with Crippen molar-refractivity contribution in [3.05, 3.63) is 35.9 Å². The topological polar surface area (TPSA) is 114 Å². The van der Waals surface area contributed by atoms with Crippen LogP contribution in [0, 0.1) is 6.92 Å². The van der Waals surface area contributed by atoms with Crippen LogP contribution in [0.25, 0.3) is 0 Å². The van der Waals surface area contributed by atoms with Gasteiger partial charge in [0, 0.05) is 12.7 Å². The van der Waals surface area contributed by atoms with Crippen molar-refractivity contribution in [2.75, 3.05) is 4.72 Å². The monoisotopic (exact) mass is 310 g/mol. The number of nitrogens with zero attached hydrogens (tertiary/aromatic N) is 3. The Morgan fingerprint density at radius 3 is 2.67 bits per heavy atom. The lowest BCUT2D eigenvalue weighted by Gasteiger charge is -2.05. The zero-order valence-corrected chi connectivity index (χ0v) is 12.3. The van der Waals surface area contributed by atoms with Gasteiger partial charge in [0.25, 0.3) is 10.0 Å². The molecule has 0 spiro atoms. The van der Waals surface area contributed by atoms with E-state index < -0.39 is 16.0 Å². The van der Waals surface area contributed by atoms with Crippen LogP contribution < -0.4 is 4.72 Å². The van der Waals surface area contributed by atoms with Crippen LogP contribution in [0.4, 0.5) is 5.82 Å². The first kappa shape index (κ1) is 15.0. The second-order valence-corrected chi connectivity index (χ2v) is 5.86. The van der Waals surface area contributed by atoms with E-state index in [0.29, 0.717) is 12.4 Å². The first-order chi connectivity index (χ1) is 9.83. The molecule has 0 saturated heterocycles. The Kier molecular flexibility index (Phi) is 3.94. The number of sulfonamides is 1. The fraction of sp³-hybridized carbons (Fsp3) is 0.250. The van der Waals surface area contributed by atoms with E-state index in [0.717, 1.165) is 0 Å². The number of aromatic carboxylic acids is 1. The minimum atomic E-state index is -3.90. The van der Waals surface area contributed by atoms with Gasteiger partial charge < -0.3 is 9.67 Å². The van der Waals surface area contributed by atoms with Crippen LogP contribution in [0.1, 0.15) is 23.2 Å². The van der Waals surface area contributed by atoms with E-state index in [9.17, 15) is 13.2 Å². The third-order valence-corrected chi connectivity index (χ3v) is 4.00. The molecule has 21 heavy (non-hydrogen) atoms. The summed E-state index contributed by atoms with van der Waals surface area (Å²) in [7, 11) is -3.90. The summed E-state index contributed by atoms with van der Waals surface area (Å²) in [4.78, 5) is 18.5. The minimum absolute atomic E-state index is 0.0707. The van der Waals surface area contributed by atoms with E-state index in [2.05, 4.69) is 14.7 Å². The predicted molar refractivity (Wildman–Crippen MR) is 74.6 cm³/mol. The van der Waals surface area contributed by atoms with Crippen molar-refractivity contribution in [3.63, 3.8) is 0 Å². The Bertz CT molecular complexity index is 782. The molecule has 0 fully saturated rings. The van der Waals surface area contributed by atoms with Crippen molar-refractivity contribution in [3.8, 4) is 0 Å². The molecule has 9 heteroatoms. The normalized spacial score (nSPS) is 11.3. The smallest absolute Gasteiger partial charge is 0.354 e. The van der Waals surface area contributed by atoms with Gasteiger partial charge in [-0.15, -0.1) is 0 Å². The van der Waals surface area contributed by atoms with E-state index in [1.165, 1.54) is 24.4 Å². The van der Waals surface area contributed by atoms with Crippen molar-refractivity contribution in [2.45, 2.75) is 25.4 Å². The number of aryl methyl sites for hydroxylation is 2. The number of hydrogen-bond acceptors (Lipinski definition) is 5. The number of hydrogen-bond donors (Lipinski definition) is 2. The van der Waals surface area contributed by atoms with Crippen LogP contribution in [0.15, 0.2) is 29.4 Å². The van der Waals surface area contributed by atoms with E-state index in [-0.39, 0.29) is 16.5 Å². The zero-order chi connectivity index (χ0) is 15.6. The van der Waals surface area contributed by atoms with E-state index in [1.807, 2.05) is 6.92 Å². The van der Waals surface area contributed by atoms with Crippen LogP contribution >= 0.6 is 0 Å². The van der Waals surface area contributed by atoms with Gasteiger partial charge in [-0.2, -0.15) is 8.42 Å². The quantitative estimate of drug-likeness (QED) is 0.855. The summed E-state index contributed by atoms with van der Waals surface area (Å²) in [6.07, 6.45) is 1.42. The number of carboxylic acid groups (broad SMARTS) is 1. The lowest BCUT2D eigenvalue weighted by molar-refractivity contribution is 0.0690. The van der Waals surface area contributed by atoms with Gasteiger partial charge in [0.1, 0.15) is 11.6 Å². The van der Waals surface area contributed by atoms with Crippen LogP contribution in [0.2, 0.25) is 0 Å². The largest absolute Gasteiger partial charge is 0.477 e. The molecule has 2 rings (SSSR count). The van der Waals surface area contributed by atoms with E-state index in [4.69, 9.17) is 5.11 Å². The predicted octanol–water partition coefficient (Wildman–Crippen LogP) is 1.11. The number of rotatable bonds is 5. The lowest BCUT2D eigenvalue weighted by atomic mass is 10.3. The van der Waals surface area contributed by atoms with Gasteiger partial charge >= 0.3 is 5.97 Å². The van der Waals surface area contributed by atoms with Crippen molar-refractivity contribution in [2.24, 2.45) is 0 Å². The molecule has 2 heterocycles. The highest BCUT2D eigenvalue weighted by atomic mass is 32.2. The second-order valence-electron chi connectivity index (χ2n) is 4.23.